The van der Waals surface area contributed by atoms with Gasteiger partial charge in [0.2, 0.25) is 5.91 Å². The number of halogens is 1. The van der Waals surface area contributed by atoms with Gasteiger partial charge in [-0.1, -0.05) is 12.1 Å². The van der Waals surface area contributed by atoms with Gasteiger partial charge in [0.1, 0.15) is 11.6 Å². The number of hydrogen-bond acceptors (Lipinski definition) is 4. The molecule has 0 saturated carbocycles. The summed E-state index contributed by atoms with van der Waals surface area (Å²) in [5.74, 6) is -1.13. The van der Waals surface area contributed by atoms with Crippen molar-refractivity contribution in [2.75, 3.05) is 26.2 Å². The van der Waals surface area contributed by atoms with Crippen LogP contribution in [-0.2, 0) is 11.3 Å². The molecule has 1 aromatic carbocycles. The summed E-state index contributed by atoms with van der Waals surface area (Å²) in [5, 5.41) is 9.46. The first-order valence-corrected chi connectivity index (χ1v) is 9.59. The normalized spacial score (nSPS) is 14.6. The second-order valence-electron chi connectivity index (χ2n) is 7.10. The Labute approximate surface area is 168 Å². The molecule has 0 atom stereocenters. The molecule has 1 aliphatic heterocycles. The summed E-state index contributed by atoms with van der Waals surface area (Å²) in [6, 6.07) is 8.48. The van der Waals surface area contributed by atoms with Gasteiger partial charge in [0, 0.05) is 50.9 Å². The summed E-state index contributed by atoms with van der Waals surface area (Å²) in [6.45, 7) is 3.57. The predicted octanol–water partition coefficient (Wildman–Crippen LogP) is 1.77. The predicted molar refractivity (Wildman–Crippen MR) is 105 cm³/mol. The number of amides is 2. The molecule has 0 bridgehead atoms. The van der Waals surface area contributed by atoms with Gasteiger partial charge in [-0.3, -0.25) is 14.4 Å². The van der Waals surface area contributed by atoms with Crippen molar-refractivity contribution < 1.29 is 19.1 Å². The van der Waals surface area contributed by atoms with Gasteiger partial charge in [-0.15, -0.1) is 0 Å². The third-order valence-corrected chi connectivity index (χ3v) is 5.11. The van der Waals surface area contributed by atoms with Crippen molar-refractivity contribution in [3.63, 3.8) is 0 Å². The van der Waals surface area contributed by atoms with E-state index in [1.54, 1.807) is 22.8 Å². The van der Waals surface area contributed by atoms with Crippen molar-refractivity contribution in [2.24, 2.45) is 0 Å². The number of pyridine rings is 1. The molecule has 29 heavy (non-hydrogen) atoms. The zero-order valence-corrected chi connectivity index (χ0v) is 16.3. The molecule has 1 aliphatic rings. The quantitative estimate of drug-likeness (QED) is 0.847. The number of benzene rings is 1. The Hall–Kier alpha value is -3.16. The van der Waals surface area contributed by atoms with Gasteiger partial charge in [-0.25, -0.2) is 4.39 Å². The number of aryl methyl sites for hydroxylation is 1. The van der Waals surface area contributed by atoms with Crippen molar-refractivity contribution in [3.05, 3.63) is 63.8 Å². The highest BCUT2D eigenvalue weighted by molar-refractivity contribution is 5.94. The maximum Gasteiger partial charge on any atom is 0.256 e. The van der Waals surface area contributed by atoms with Crippen molar-refractivity contribution in [1.82, 2.24) is 14.4 Å². The van der Waals surface area contributed by atoms with E-state index in [0.717, 1.165) is 6.07 Å². The minimum absolute atomic E-state index is 0.0365. The molecule has 3 rings (SSSR count). The van der Waals surface area contributed by atoms with E-state index in [1.165, 1.54) is 28.8 Å². The third kappa shape index (κ3) is 4.82. The number of nitrogens with zero attached hydrogens (tertiary/aromatic N) is 3. The van der Waals surface area contributed by atoms with Crippen LogP contribution < -0.4 is 5.56 Å². The number of rotatable bonds is 4. The first kappa shape index (κ1) is 20.6. The Morgan fingerprint density at radius 2 is 1.76 bits per heavy atom. The molecule has 1 aromatic heterocycles. The van der Waals surface area contributed by atoms with E-state index in [1.807, 2.05) is 0 Å². The molecule has 2 amide bonds. The molecule has 0 unspecified atom stereocenters. The van der Waals surface area contributed by atoms with Crippen LogP contribution >= 0.6 is 0 Å². The first-order chi connectivity index (χ1) is 13.9. The highest BCUT2D eigenvalue weighted by Gasteiger charge is 2.24. The van der Waals surface area contributed by atoms with Crippen LogP contribution in [0, 0.1) is 12.7 Å². The lowest BCUT2D eigenvalue weighted by Gasteiger charge is -2.22. The molecule has 0 radical (unpaired) electrons. The van der Waals surface area contributed by atoms with Crippen molar-refractivity contribution in [1.29, 1.82) is 0 Å². The van der Waals surface area contributed by atoms with Crippen LogP contribution in [0.5, 0.6) is 5.75 Å². The Morgan fingerprint density at radius 1 is 1.07 bits per heavy atom. The first-order valence-electron chi connectivity index (χ1n) is 9.59. The Balaban J connectivity index is 1.59. The second-order valence-corrected chi connectivity index (χ2v) is 7.10. The van der Waals surface area contributed by atoms with Crippen molar-refractivity contribution >= 4 is 11.8 Å². The van der Waals surface area contributed by atoms with E-state index in [4.69, 9.17) is 0 Å². The van der Waals surface area contributed by atoms with Gasteiger partial charge in [0.15, 0.2) is 0 Å². The molecular formula is C21H24FN3O4. The molecule has 1 N–H and O–H groups in total. The molecule has 154 valence electrons. The summed E-state index contributed by atoms with van der Waals surface area (Å²) in [4.78, 5) is 40.4. The molecule has 2 aromatic rings. The summed E-state index contributed by atoms with van der Waals surface area (Å²) in [5.41, 5.74) is 0.266. The fourth-order valence-electron chi connectivity index (χ4n) is 3.54. The van der Waals surface area contributed by atoms with Gasteiger partial charge in [0.05, 0.1) is 5.56 Å². The van der Waals surface area contributed by atoms with Crippen LogP contribution in [0.4, 0.5) is 4.39 Å². The van der Waals surface area contributed by atoms with Crippen LogP contribution in [0.25, 0.3) is 0 Å². The monoisotopic (exact) mass is 401 g/mol. The largest absolute Gasteiger partial charge is 0.508 e. The Bertz CT molecular complexity index is 973. The number of aromatic nitrogens is 1. The topological polar surface area (TPSA) is 82.8 Å². The molecule has 7 nitrogen and oxygen atoms in total. The summed E-state index contributed by atoms with van der Waals surface area (Å²) >= 11 is 0. The molecule has 0 aliphatic carbocycles. The standard InChI is InChI=1S/C21H24FN3O4/c1-15-13-16(26)14-20(28)25(15)10-7-19(27)23-8-4-9-24(12-11-23)21(29)17-5-2-3-6-18(17)22/h2-3,5-6,13-14,26H,4,7-12H2,1H3. The molecule has 1 fully saturated rings. The third-order valence-electron chi connectivity index (χ3n) is 5.11. The van der Waals surface area contributed by atoms with E-state index in [0.29, 0.717) is 38.3 Å². The number of carbonyl (C=O) groups is 2. The minimum Gasteiger partial charge on any atom is -0.508 e. The molecule has 1 saturated heterocycles. The lowest BCUT2D eigenvalue weighted by molar-refractivity contribution is -0.131. The van der Waals surface area contributed by atoms with Gasteiger partial charge >= 0.3 is 0 Å². The summed E-state index contributed by atoms with van der Waals surface area (Å²) < 4.78 is 15.3. The maximum atomic E-state index is 13.9. The fraction of sp³-hybridized carbons (Fsp3) is 0.381. The second kappa shape index (κ2) is 8.89. The van der Waals surface area contributed by atoms with Crippen LogP contribution in [0.15, 0.2) is 41.2 Å². The number of aromatic hydroxyl groups is 1. The zero-order valence-electron chi connectivity index (χ0n) is 16.3. The molecular weight excluding hydrogens is 377 g/mol. The zero-order chi connectivity index (χ0) is 21.0. The Morgan fingerprint density at radius 3 is 2.48 bits per heavy atom. The van der Waals surface area contributed by atoms with E-state index in [-0.39, 0.29) is 41.7 Å². The molecule has 0 spiro atoms. The average Bonchev–Trinajstić information content (AvgIpc) is 2.93. The highest BCUT2D eigenvalue weighted by Crippen LogP contribution is 2.13. The van der Waals surface area contributed by atoms with E-state index >= 15 is 0 Å². The van der Waals surface area contributed by atoms with E-state index < -0.39 is 5.82 Å². The SMILES string of the molecule is Cc1cc(O)cc(=O)n1CCC(=O)N1CCCN(C(=O)c2ccccc2F)CC1. The fourth-order valence-corrected chi connectivity index (χ4v) is 3.54. The van der Waals surface area contributed by atoms with Gasteiger partial charge in [0.25, 0.3) is 11.5 Å². The van der Waals surface area contributed by atoms with Crippen LogP contribution in [-0.4, -0.2) is 57.5 Å². The van der Waals surface area contributed by atoms with Crippen LogP contribution in [0.2, 0.25) is 0 Å². The lowest BCUT2D eigenvalue weighted by atomic mass is 10.2. The smallest absolute Gasteiger partial charge is 0.256 e. The summed E-state index contributed by atoms with van der Waals surface area (Å²) in [6.07, 6.45) is 0.747. The highest BCUT2D eigenvalue weighted by atomic mass is 19.1. The van der Waals surface area contributed by atoms with Gasteiger partial charge < -0.3 is 19.5 Å². The Kier molecular flexibility index (Phi) is 6.31. The van der Waals surface area contributed by atoms with E-state index in [9.17, 15) is 23.9 Å². The number of carbonyl (C=O) groups excluding carboxylic acids is 2. The average molecular weight is 401 g/mol. The van der Waals surface area contributed by atoms with Crippen molar-refractivity contribution in [3.8, 4) is 5.75 Å². The summed E-state index contributed by atoms with van der Waals surface area (Å²) in [7, 11) is 0. The van der Waals surface area contributed by atoms with Crippen molar-refractivity contribution in [2.45, 2.75) is 26.3 Å². The minimum atomic E-state index is -0.551. The van der Waals surface area contributed by atoms with Gasteiger partial charge in [-0.05, 0) is 31.5 Å². The maximum absolute atomic E-state index is 13.9. The molecule has 8 heteroatoms. The van der Waals surface area contributed by atoms with Crippen LogP contribution in [0.1, 0.15) is 28.9 Å². The molecule has 2 heterocycles. The van der Waals surface area contributed by atoms with Gasteiger partial charge in [-0.2, -0.15) is 0 Å². The van der Waals surface area contributed by atoms with E-state index in [2.05, 4.69) is 0 Å². The lowest BCUT2D eigenvalue weighted by Crippen LogP contribution is -2.38. The number of hydrogen-bond donors (Lipinski definition) is 1. The van der Waals surface area contributed by atoms with Crippen LogP contribution in [0.3, 0.4) is 0 Å².